The highest BCUT2D eigenvalue weighted by molar-refractivity contribution is 5.98. The summed E-state index contributed by atoms with van der Waals surface area (Å²) >= 11 is 0. The van der Waals surface area contributed by atoms with Gasteiger partial charge in [0.1, 0.15) is 22.7 Å². The van der Waals surface area contributed by atoms with E-state index in [1.54, 1.807) is 0 Å². The zero-order valence-electron chi connectivity index (χ0n) is 10.0. The smallest absolute Gasteiger partial charge is 0.138 e. The average molecular weight is 229 g/mol. The predicted octanol–water partition coefficient (Wildman–Crippen LogP) is 3.30. The summed E-state index contributed by atoms with van der Waals surface area (Å²) < 4.78 is 11.5. The molecule has 0 radical (unpaired) electrons. The molecule has 0 saturated carbocycles. The number of furan rings is 2. The van der Waals surface area contributed by atoms with E-state index >= 15 is 0 Å². The second kappa shape index (κ2) is 3.64. The van der Waals surface area contributed by atoms with Crippen LogP contribution >= 0.6 is 0 Å². The van der Waals surface area contributed by atoms with E-state index in [0.717, 1.165) is 45.4 Å². The molecule has 3 nitrogen and oxygen atoms in total. The first kappa shape index (κ1) is 10.4. The van der Waals surface area contributed by atoms with Crippen LogP contribution in [-0.2, 0) is 6.42 Å². The Bertz CT molecular complexity index is 636. The second-order valence-electron chi connectivity index (χ2n) is 4.44. The molecule has 88 valence electrons. The summed E-state index contributed by atoms with van der Waals surface area (Å²) in [7, 11) is 0. The molecule has 0 fully saturated rings. The van der Waals surface area contributed by atoms with Crippen molar-refractivity contribution in [2.45, 2.75) is 20.3 Å². The Hall–Kier alpha value is -1.74. The fourth-order valence-electron chi connectivity index (χ4n) is 2.41. The van der Waals surface area contributed by atoms with Gasteiger partial charge in [0.05, 0.1) is 0 Å². The Kier molecular flexibility index (Phi) is 2.23. The highest BCUT2D eigenvalue weighted by atomic mass is 16.3. The SMILES string of the molecule is Cc1cc2c(CCN)c3oc(C)cc3cc2o1. The first-order valence-electron chi connectivity index (χ1n) is 5.81. The summed E-state index contributed by atoms with van der Waals surface area (Å²) in [6.07, 6.45) is 0.805. The Morgan fingerprint density at radius 3 is 2.59 bits per heavy atom. The first-order chi connectivity index (χ1) is 8.19. The summed E-state index contributed by atoms with van der Waals surface area (Å²) in [5, 5.41) is 2.21. The lowest BCUT2D eigenvalue weighted by Gasteiger charge is -2.01. The Balaban J connectivity index is 2.44. The molecule has 0 aliphatic rings. The van der Waals surface area contributed by atoms with Crippen molar-refractivity contribution in [3.63, 3.8) is 0 Å². The lowest BCUT2D eigenvalue weighted by Crippen LogP contribution is -2.03. The number of nitrogens with two attached hydrogens (primary N) is 1. The number of aryl methyl sites for hydroxylation is 2. The molecule has 0 saturated heterocycles. The zero-order chi connectivity index (χ0) is 12.0. The molecule has 0 bridgehead atoms. The largest absolute Gasteiger partial charge is 0.461 e. The van der Waals surface area contributed by atoms with Crippen LogP contribution in [0.1, 0.15) is 17.1 Å². The molecule has 3 rings (SSSR count). The van der Waals surface area contributed by atoms with E-state index < -0.39 is 0 Å². The third-order valence-corrected chi connectivity index (χ3v) is 3.05. The topological polar surface area (TPSA) is 52.3 Å². The lowest BCUT2D eigenvalue weighted by molar-refractivity contribution is 0.572. The number of rotatable bonds is 2. The van der Waals surface area contributed by atoms with Crippen molar-refractivity contribution >= 4 is 21.9 Å². The van der Waals surface area contributed by atoms with Crippen LogP contribution in [-0.4, -0.2) is 6.54 Å². The Morgan fingerprint density at radius 1 is 1.06 bits per heavy atom. The van der Waals surface area contributed by atoms with E-state index in [-0.39, 0.29) is 0 Å². The van der Waals surface area contributed by atoms with Gasteiger partial charge in [0.15, 0.2) is 0 Å². The van der Waals surface area contributed by atoms with Gasteiger partial charge in [-0.2, -0.15) is 0 Å². The molecule has 0 aliphatic heterocycles. The Labute approximate surface area is 99.2 Å². The first-order valence-corrected chi connectivity index (χ1v) is 5.81. The molecule has 3 aromatic rings. The summed E-state index contributed by atoms with van der Waals surface area (Å²) in [6.45, 7) is 4.52. The van der Waals surface area contributed by atoms with Gasteiger partial charge in [-0.15, -0.1) is 0 Å². The molecule has 0 amide bonds. The van der Waals surface area contributed by atoms with Crippen molar-refractivity contribution in [2.24, 2.45) is 5.73 Å². The standard InChI is InChI=1S/C14H15NO2/c1-8-5-10-7-13-12(6-9(2)16-13)11(3-4-15)14(10)17-8/h5-7H,3-4,15H2,1-2H3. The van der Waals surface area contributed by atoms with Crippen molar-refractivity contribution in [3.05, 3.63) is 35.3 Å². The minimum atomic E-state index is 0.609. The van der Waals surface area contributed by atoms with Crippen LogP contribution in [0.25, 0.3) is 21.9 Å². The maximum atomic E-state index is 5.77. The third kappa shape index (κ3) is 1.54. The minimum absolute atomic E-state index is 0.609. The fraction of sp³-hybridized carbons (Fsp3) is 0.286. The maximum Gasteiger partial charge on any atom is 0.138 e. The van der Waals surface area contributed by atoms with E-state index in [4.69, 9.17) is 14.6 Å². The molecule has 0 spiro atoms. The van der Waals surface area contributed by atoms with Gasteiger partial charge in [-0.1, -0.05) is 0 Å². The Morgan fingerprint density at radius 2 is 1.82 bits per heavy atom. The minimum Gasteiger partial charge on any atom is -0.461 e. The monoisotopic (exact) mass is 229 g/mol. The van der Waals surface area contributed by atoms with Gasteiger partial charge in [-0.3, -0.25) is 0 Å². The maximum absolute atomic E-state index is 5.77. The van der Waals surface area contributed by atoms with Gasteiger partial charge in [-0.25, -0.2) is 0 Å². The zero-order valence-corrected chi connectivity index (χ0v) is 10.0. The van der Waals surface area contributed by atoms with Crippen LogP contribution in [0, 0.1) is 13.8 Å². The fourth-order valence-corrected chi connectivity index (χ4v) is 2.41. The van der Waals surface area contributed by atoms with Gasteiger partial charge < -0.3 is 14.6 Å². The highest BCUT2D eigenvalue weighted by Crippen LogP contribution is 2.32. The van der Waals surface area contributed by atoms with Crippen LogP contribution < -0.4 is 5.73 Å². The third-order valence-electron chi connectivity index (χ3n) is 3.05. The van der Waals surface area contributed by atoms with E-state index in [9.17, 15) is 0 Å². The summed E-state index contributed by atoms with van der Waals surface area (Å²) in [5.41, 5.74) is 8.70. The second-order valence-corrected chi connectivity index (χ2v) is 4.44. The van der Waals surface area contributed by atoms with Gasteiger partial charge >= 0.3 is 0 Å². The van der Waals surface area contributed by atoms with Gasteiger partial charge in [0.25, 0.3) is 0 Å². The van der Waals surface area contributed by atoms with E-state index in [0.29, 0.717) is 6.54 Å². The summed E-state index contributed by atoms with van der Waals surface area (Å²) in [4.78, 5) is 0. The van der Waals surface area contributed by atoms with E-state index in [2.05, 4.69) is 6.07 Å². The molecule has 2 heterocycles. The van der Waals surface area contributed by atoms with Crippen molar-refractivity contribution in [1.29, 1.82) is 0 Å². The quantitative estimate of drug-likeness (QED) is 0.733. The molecule has 2 aromatic heterocycles. The van der Waals surface area contributed by atoms with Gasteiger partial charge in [-0.05, 0) is 45.0 Å². The number of hydrogen-bond acceptors (Lipinski definition) is 3. The lowest BCUT2D eigenvalue weighted by atomic mass is 10.0. The van der Waals surface area contributed by atoms with E-state index in [1.165, 1.54) is 0 Å². The molecule has 2 N–H and O–H groups in total. The van der Waals surface area contributed by atoms with Crippen LogP contribution in [0.2, 0.25) is 0 Å². The van der Waals surface area contributed by atoms with Crippen LogP contribution in [0.4, 0.5) is 0 Å². The van der Waals surface area contributed by atoms with Crippen molar-refractivity contribution < 1.29 is 8.83 Å². The summed E-state index contributed by atoms with van der Waals surface area (Å²) in [6, 6.07) is 6.12. The van der Waals surface area contributed by atoms with Crippen LogP contribution in [0.15, 0.2) is 27.0 Å². The van der Waals surface area contributed by atoms with Gasteiger partial charge in [0.2, 0.25) is 0 Å². The van der Waals surface area contributed by atoms with Gasteiger partial charge in [0, 0.05) is 16.3 Å². The van der Waals surface area contributed by atoms with E-state index in [1.807, 2.05) is 26.0 Å². The summed E-state index contributed by atoms with van der Waals surface area (Å²) in [5.74, 6) is 1.84. The number of fused-ring (bicyclic) bond motifs is 2. The van der Waals surface area contributed by atoms with Crippen LogP contribution in [0.3, 0.4) is 0 Å². The number of hydrogen-bond donors (Lipinski definition) is 1. The molecule has 1 aromatic carbocycles. The molecule has 3 heteroatoms. The van der Waals surface area contributed by atoms with Crippen LogP contribution in [0.5, 0.6) is 0 Å². The number of benzene rings is 1. The van der Waals surface area contributed by atoms with Crippen molar-refractivity contribution in [1.82, 2.24) is 0 Å². The highest BCUT2D eigenvalue weighted by Gasteiger charge is 2.13. The normalized spacial score (nSPS) is 11.7. The molecular weight excluding hydrogens is 214 g/mol. The molecular formula is C14H15NO2. The predicted molar refractivity (Wildman–Crippen MR) is 68.2 cm³/mol. The molecule has 0 aliphatic carbocycles. The molecule has 17 heavy (non-hydrogen) atoms. The van der Waals surface area contributed by atoms with Crippen molar-refractivity contribution in [3.8, 4) is 0 Å². The molecule has 0 unspecified atom stereocenters. The average Bonchev–Trinajstić information content (AvgIpc) is 2.79. The molecule has 0 atom stereocenters. The van der Waals surface area contributed by atoms with Crippen molar-refractivity contribution in [2.75, 3.05) is 6.54 Å².